The fourth-order valence-corrected chi connectivity index (χ4v) is 10.4. The summed E-state index contributed by atoms with van der Waals surface area (Å²) >= 11 is 0. The van der Waals surface area contributed by atoms with Gasteiger partial charge >= 0.3 is 0 Å². The molecule has 6 rings (SSSR count). The molecule has 30 heavy (non-hydrogen) atoms. The van der Waals surface area contributed by atoms with Crippen LogP contribution in [-0.2, 0) is 9.47 Å². The fourth-order valence-electron chi connectivity index (χ4n) is 10.4. The molecule has 0 aromatic rings. The van der Waals surface area contributed by atoms with Gasteiger partial charge in [-0.15, -0.1) is 0 Å². The van der Waals surface area contributed by atoms with Gasteiger partial charge in [0.2, 0.25) is 0 Å². The molecule has 7 heteroatoms. The molecule has 13 atom stereocenters. The molecular weight excluding hydrogens is 386 g/mol. The van der Waals surface area contributed by atoms with Gasteiger partial charge in [0.05, 0.1) is 24.9 Å². The maximum atomic E-state index is 12.3. The molecule has 5 saturated carbocycles. The van der Waals surface area contributed by atoms with Gasteiger partial charge in [-0.2, -0.15) is 0 Å². The van der Waals surface area contributed by atoms with Crippen molar-refractivity contribution in [3.05, 3.63) is 0 Å². The molecule has 5 aliphatic carbocycles. The lowest BCUT2D eigenvalue weighted by Gasteiger charge is -2.69. The van der Waals surface area contributed by atoms with Crippen LogP contribution in [0.3, 0.4) is 0 Å². The first-order valence-electron chi connectivity index (χ1n) is 11.8. The molecule has 0 unspecified atom stereocenters. The molecule has 6 aliphatic rings. The summed E-state index contributed by atoms with van der Waals surface area (Å²) in [6.07, 6.45) is 0.415. The van der Waals surface area contributed by atoms with Gasteiger partial charge < -0.3 is 29.9 Å². The number of nitrogens with zero attached hydrogens (tertiary/aromatic N) is 1. The van der Waals surface area contributed by atoms with Gasteiger partial charge in [0.25, 0.3) is 0 Å². The second-order valence-corrected chi connectivity index (χ2v) is 11.3. The zero-order chi connectivity index (χ0) is 21.2. The van der Waals surface area contributed by atoms with Gasteiger partial charge in [-0.3, -0.25) is 4.90 Å². The number of ether oxygens (including phenoxy) is 2. The van der Waals surface area contributed by atoms with Crippen molar-refractivity contribution in [3.8, 4) is 0 Å². The van der Waals surface area contributed by atoms with Crippen molar-refractivity contribution in [2.24, 2.45) is 40.4 Å². The summed E-state index contributed by atoms with van der Waals surface area (Å²) < 4.78 is 11.4. The highest BCUT2D eigenvalue weighted by Gasteiger charge is 2.85. The fraction of sp³-hybridized carbons (Fsp3) is 1.00. The standard InChI is InChI=1S/C23H37NO6/c1-4-24-9-21(10-29-2)6-5-15(25)22-12-7-11-17(26)16(12)23(28,20(27)18(11)30-3)13(19(22)24)8-14(21)22/h11-20,25-28H,4-10H2,1-3H3/t11-,12+,13-,14+,15+,16+,17-,18+,19+,20-,21-,22+,23-/m0/s1. The number of aliphatic hydroxyl groups is 4. The Labute approximate surface area is 178 Å². The number of rotatable bonds is 4. The van der Waals surface area contributed by atoms with E-state index in [1.807, 2.05) is 0 Å². The normalized spacial score (nSPS) is 63.3. The van der Waals surface area contributed by atoms with Crippen LogP contribution in [0.15, 0.2) is 0 Å². The summed E-state index contributed by atoms with van der Waals surface area (Å²) in [5.74, 6) is -0.565. The summed E-state index contributed by atoms with van der Waals surface area (Å²) in [4.78, 5) is 2.47. The quantitative estimate of drug-likeness (QED) is 0.499. The topological polar surface area (TPSA) is 103 Å². The van der Waals surface area contributed by atoms with Crippen LogP contribution < -0.4 is 0 Å². The molecular formula is C23H37NO6. The summed E-state index contributed by atoms with van der Waals surface area (Å²) in [7, 11) is 3.33. The van der Waals surface area contributed by atoms with Crippen molar-refractivity contribution in [2.75, 3.05) is 33.9 Å². The van der Waals surface area contributed by atoms with Gasteiger partial charge in [0, 0.05) is 55.4 Å². The van der Waals surface area contributed by atoms with Gasteiger partial charge in [-0.25, -0.2) is 0 Å². The number of hydrogen-bond acceptors (Lipinski definition) is 7. The molecule has 0 aromatic carbocycles. The van der Waals surface area contributed by atoms with E-state index in [0.29, 0.717) is 13.0 Å². The van der Waals surface area contributed by atoms with Crippen molar-refractivity contribution in [2.45, 2.75) is 68.7 Å². The molecule has 1 saturated heterocycles. The average Bonchev–Trinajstić information content (AvgIpc) is 3.16. The lowest BCUT2D eigenvalue weighted by atomic mass is 9.43. The van der Waals surface area contributed by atoms with E-state index in [1.54, 1.807) is 14.2 Å². The van der Waals surface area contributed by atoms with E-state index in [1.165, 1.54) is 0 Å². The first-order valence-corrected chi connectivity index (χ1v) is 11.8. The third kappa shape index (κ3) is 1.88. The predicted molar refractivity (Wildman–Crippen MR) is 107 cm³/mol. The number of fused-ring (bicyclic) bond motifs is 2. The Morgan fingerprint density at radius 3 is 2.53 bits per heavy atom. The molecule has 0 aromatic heterocycles. The van der Waals surface area contributed by atoms with Crippen LogP contribution in [0.2, 0.25) is 0 Å². The molecule has 7 nitrogen and oxygen atoms in total. The maximum Gasteiger partial charge on any atom is 0.110 e. The Bertz CT molecular complexity index is 736. The van der Waals surface area contributed by atoms with Crippen LogP contribution in [0, 0.1) is 40.4 Å². The van der Waals surface area contributed by atoms with E-state index in [9.17, 15) is 20.4 Å². The number of hydrogen-bond donors (Lipinski definition) is 4. The van der Waals surface area contributed by atoms with Crippen LogP contribution in [0.4, 0.5) is 0 Å². The van der Waals surface area contributed by atoms with Crippen molar-refractivity contribution in [3.63, 3.8) is 0 Å². The minimum absolute atomic E-state index is 0.0214. The highest BCUT2D eigenvalue weighted by Crippen LogP contribution is 2.78. The van der Waals surface area contributed by atoms with Crippen LogP contribution in [0.25, 0.3) is 0 Å². The number of methoxy groups -OCH3 is 2. The minimum Gasteiger partial charge on any atom is -0.392 e. The Morgan fingerprint density at radius 1 is 1.10 bits per heavy atom. The van der Waals surface area contributed by atoms with Gasteiger partial charge in [-0.1, -0.05) is 6.92 Å². The lowest BCUT2D eigenvalue weighted by Crippen LogP contribution is -2.78. The highest BCUT2D eigenvalue weighted by molar-refractivity contribution is 5.34. The molecule has 4 N–H and O–H groups in total. The average molecular weight is 424 g/mol. The molecule has 1 spiro atoms. The second kappa shape index (κ2) is 6.19. The predicted octanol–water partition coefficient (Wildman–Crippen LogP) is -0.152. The van der Waals surface area contributed by atoms with Gasteiger partial charge in [0.15, 0.2) is 0 Å². The van der Waals surface area contributed by atoms with Crippen LogP contribution in [-0.4, -0.2) is 95.3 Å². The van der Waals surface area contributed by atoms with Gasteiger partial charge in [-0.05, 0) is 44.1 Å². The van der Waals surface area contributed by atoms with E-state index >= 15 is 0 Å². The molecule has 6 fully saturated rings. The Kier molecular flexibility index (Phi) is 4.19. The third-order valence-electron chi connectivity index (χ3n) is 11.0. The van der Waals surface area contributed by atoms with Crippen LogP contribution >= 0.6 is 0 Å². The first-order chi connectivity index (χ1) is 14.3. The zero-order valence-corrected chi connectivity index (χ0v) is 18.3. The largest absolute Gasteiger partial charge is 0.392 e. The Morgan fingerprint density at radius 2 is 1.87 bits per heavy atom. The molecule has 170 valence electrons. The van der Waals surface area contributed by atoms with E-state index in [0.717, 1.165) is 32.4 Å². The van der Waals surface area contributed by atoms with Crippen molar-refractivity contribution >= 4 is 0 Å². The zero-order valence-electron chi connectivity index (χ0n) is 18.3. The van der Waals surface area contributed by atoms with E-state index in [2.05, 4.69) is 11.8 Å². The SMILES string of the molecule is CCN1C[C@]2(COC)CC[C@@H](O)[C@@]34[C@@H]5C[C@H]6[C@H](O)[C@@H]5[C@](O)([C@@H](O)[C@@H]6OC)[C@@H](C[C@H]23)[C@@H]14. The maximum absolute atomic E-state index is 12.3. The van der Waals surface area contributed by atoms with Gasteiger partial charge in [0.1, 0.15) is 11.7 Å². The molecule has 1 heterocycles. The molecule has 1 aliphatic heterocycles. The van der Waals surface area contributed by atoms with E-state index in [4.69, 9.17) is 9.47 Å². The number of likely N-dealkylation sites (tertiary alicyclic amines) is 1. The van der Waals surface area contributed by atoms with Crippen molar-refractivity contribution < 1.29 is 29.9 Å². The molecule has 0 amide bonds. The smallest absolute Gasteiger partial charge is 0.110 e. The number of aliphatic hydroxyl groups excluding tert-OH is 3. The van der Waals surface area contributed by atoms with Crippen molar-refractivity contribution in [1.29, 1.82) is 0 Å². The monoisotopic (exact) mass is 423 g/mol. The Balaban J connectivity index is 1.59. The lowest BCUT2D eigenvalue weighted by molar-refractivity contribution is -0.297. The van der Waals surface area contributed by atoms with Crippen molar-refractivity contribution in [1.82, 2.24) is 4.90 Å². The first kappa shape index (κ1) is 20.3. The van der Waals surface area contributed by atoms with Crippen LogP contribution in [0.5, 0.6) is 0 Å². The summed E-state index contributed by atoms with van der Waals surface area (Å²) in [6, 6.07) is 0.0234. The number of piperidine rings is 1. The minimum atomic E-state index is -1.39. The highest BCUT2D eigenvalue weighted by atomic mass is 16.5. The third-order valence-corrected chi connectivity index (χ3v) is 11.0. The molecule has 7 bridgehead atoms. The van der Waals surface area contributed by atoms with E-state index < -0.39 is 35.9 Å². The second-order valence-electron chi connectivity index (χ2n) is 11.3. The summed E-state index contributed by atoms with van der Waals surface area (Å²) in [5.41, 5.74) is -1.79. The van der Waals surface area contributed by atoms with Crippen LogP contribution in [0.1, 0.15) is 32.6 Å². The summed E-state index contributed by atoms with van der Waals surface area (Å²) in [5, 5.41) is 46.7. The Hall–Kier alpha value is -0.280. The summed E-state index contributed by atoms with van der Waals surface area (Å²) in [6.45, 7) is 4.58. The van der Waals surface area contributed by atoms with E-state index in [-0.39, 0.29) is 40.5 Å². The molecule has 0 radical (unpaired) electrons.